The van der Waals surface area contributed by atoms with Gasteiger partial charge in [0.25, 0.3) is 0 Å². The number of hydrogen-bond donors (Lipinski definition) is 0. The molecule has 0 saturated carbocycles. The molecule has 1 aromatic carbocycles. The van der Waals surface area contributed by atoms with Gasteiger partial charge in [-0.05, 0) is 34.5 Å². The topological polar surface area (TPSA) is 26.3 Å². The van der Waals surface area contributed by atoms with E-state index in [-0.39, 0.29) is 11.7 Å². The van der Waals surface area contributed by atoms with Gasteiger partial charge in [0.2, 0.25) is 0 Å². The van der Waals surface area contributed by atoms with Gasteiger partial charge < -0.3 is 4.74 Å². The molecule has 0 N–H and O–H groups in total. The Morgan fingerprint density at radius 1 is 1.50 bits per heavy atom. The molecular formula is C13H17BrO2. The van der Waals surface area contributed by atoms with Crippen LogP contribution in [0.5, 0.6) is 5.75 Å². The van der Waals surface area contributed by atoms with Gasteiger partial charge in [-0.15, -0.1) is 0 Å². The van der Waals surface area contributed by atoms with Crippen LogP contribution in [0.3, 0.4) is 0 Å². The highest BCUT2D eigenvalue weighted by molar-refractivity contribution is 9.10. The van der Waals surface area contributed by atoms with Crippen molar-refractivity contribution in [1.29, 1.82) is 0 Å². The van der Waals surface area contributed by atoms with Crippen molar-refractivity contribution in [2.75, 3.05) is 7.11 Å². The summed E-state index contributed by atoms with van der Waals surface area (Å²) in [6, 6.07) is 5.48. The fourth-order valence-corrected chi connectivity index (χ4v) is 2.07. The Bertz CT molecular complexity index is 374. The van der Waals surface area contributed by atoms with Gasteiger partial charge in [-0.1, -0.05) is 26.3 Å². The molecule has 0 aliphatic heterocycles. The third kappa shape index (κ3) is 3.08. The summed E-state index contributed by atoms with van der Waals surface area (Å²) in [5, 5.41) is 0. The first-order chi connectivity index (χ1) is 7.60. The minimum absolute atomic E-state index is 0.0795. The highest BCUT2D eigenvalue weighted by Gasteiger charge is 2.15. The summed E-state index contributed by atoms with van der Waals surface area (Å²) in [6.07, 6.45) is 1.96. The number of benzene rings is 1. The van der Waals surface area contributed by atoms with E-state index in [0.29, 0.717) is 5.75 Å². The molecule has 0 aliphatic rings. The molecule has 1 unspecified atom stereocenters. The first-order valence-corrected chi connectivity index (χ1v) is 6.27. The van der Waals surface area contributed by atoms with Crippen LogP contribution in [0.25, 0.3) is 0 Å². The Morgan fingerprint density at radius 2 is 2.19 bits per heavy atom. The minimum Gasteiger partial charge on any atom is -0.496 e. The average molecular weight is 285 g/mol. The number of methoxy groups -OCH3 is 1. The van der Waals surface area contributed by atoms with Crippen molar-refractivity contribution in [2.45, 2.75) is 26.7 Å². The molecule has 1 atom stereocenters. The SMILES string of the molecule is CCCC(C)C(=O)c1ccc(Br)c(OC)c1. The van der Waals surface area contributed by atoms with Crippen LogP contribution in [0.1, 0.15) is 37.0 Å². The summed E-state index contributed by atoms with van der Waals surface area (Å²) in [4.78, 5) is 12.0. The molecule has 16 heavy (non-hydrogen) atoms. The molecule has 1 rings (SSSR count). The summed E-state index contributed by atoms with van der Waals surface area (Å²) < 4.78 is 6.05. The van der Waals surface area contributed by atoms with Crippen molar-refractivity contribution in [1.82, 2.24) is 0 Å². The Balaban J connectivity index is 2.92. The van der Waals surface area contributed by atoms with Gasteiger partial charge in [-0.3, -0.25) is 4.79 Å². The summed E-state index contributed by atoms with van der Waals surface area (Å²) in [5.74, 6) is 0.970. The van der Waals surface area contributed by atoms with Gasteiger partial charge in [-0.2, -0.15) is 0 Å². The van der Waals surface area contributed by atoms with Gasteiger partial charge in [0.15, 0.2) is 5.78 Å². The number of Topliss-reactive ketones (excluding diaryl/α,β-unsaturated/α-hetero) is 1. The van der Waals surface area contributed by atoms with E-state index < -0.39 is 0 Å². The Kier molecular flexibility index (Phi) is 5.00. The van der Waals surface area contributed by atoms with E-state index in [1.807, 2.05) is 19.1 Å². The fourth-order valence-electron chi connectivity index (χ4n) is 1.66. The van der Waals surface area contributed by atoms with Crippen LogP contribution in [0.4, 0.5) is 0 Å². The van der Waals surface area contributed by atoms with Crippen molar-refractivity contribution >= 4 is 21.7 Å². The third-order valence-corrected chi connectivity index (χ3v) is 3.26. The van der Waals surface area contributed by atoms with Crippen molar-refractivity contribution < 1.29 is 9.53 Å². The lowest BCUT2D eigenvalue weighted by Gasteiger charge is -2.10. The molecule has 0 amide bonds. The second kappa shape index (κ2) is 6.04. The van der Waals surface area contributed by atoms with E-state index in [1.165, 1.54) is 0 Å². The predicted octanol–water partition coefficient (Wildman–Crippen LogP) is 4.08. The standard InChI is InChI=1S/C13H17BrO2/c1-4-5-9(2)13(15)10-6-7-11(14)12(8-10)16-3/h6-9H,4-5H2,1-3H3. The Labute approximate surface area is 105 Å². The maximum absolute atomic E-state index is 12.0. The highest BCUT2D eigenvalue weighted by Crippen LogP contribution is 2.27. The predicted molar refractivity (Wildman–Crippen MR) is 69.1 cm³/mol. The lowest BCUT2D eigenvalue weighted by Crippen LogP contribution is -2.11. The fraction of sp³-hybridized carbons (Fsp3) is 0.462. The molecule has 0 saturated heterocycles. The zero-order valence-corrected chi connectivity index (χ0v) is 11.5. The maximum atomic E-state index is 12.0. The molecule has 1 aromatic rings. The second-order valence-electron chi connectivity index (χ2n) is 3.90. The van der Waals surface area contributed by atoms with Gasteiger partial charge in [0, 0.05) is 11.5 Å². The van der Waals surface area contributed by atoms with E-state index in [2.05, 4.69) is 22.9 Å². The molecule has 0 heterocycles. The Hall–Kier alpha value is -0.830. The molecule has 0 bridgehead atoms. The van der Waals surface area contributed by atoms with Crippen molar-refractivity contribution in [3.8, 4) is 5.75 Å². The molecular weight excluding hydrogens is 268 g/mol. The summed E-state index contributed by atoms with van der Waals surface area (Å²) in [7, 11) is 1.60. The molecule has 3 heteroatoms. The molecule has 88 valence electrons. The lowest BCUT2D eigenvalue weighted by atomic mass is 9.95. The smallest absolute Gasteiger partial charge is 0.165 e. The molecule has 0 aliphatic carbocycles. The third-order valence-electron chi connectivity index (χ3n) is 2.60. The first kappa shape index (κ1) is 13.2. The largest absolute Gasteiger partial charge is 0.496 e. The molecule has 0 spiro atoms. The number of ether oxygens (including phenoxy) is 1. The number of rotatable bonds is 5. The van der Waals surface area contributed by atoms with E-state index in [1.54, 1.807) is 13.2 Å². The van der Waals surface area contributed by atoms with Crippen LogP contribution in [-0.4, -0.2) is 12.9 Å². The molecule has 0 fully saturated rings. The molecule has 0 radical (unpaired) electrons. The summed E-state index contributed by atoms with van der Waals surface area (Å²) >= 11 is 3.37. The van der Waals surface area contributed by atoms with Crippen LogP contribution < -0.4 is 4.74 Å². The summed E-state index contributed by atoms with van der Waals surface area (Å²) in [6.45, 7) is 4.06. The van der Waals surface area contributed by atoms with Crippen LogP contribution in [0.2, 0.25) is 0 Å². The van der Waals surface area contributed by atoms with Crippen LogP contribution >= 0.6 is 15.9 Å². The van der Waals surface area contributed by atoms with E-state index >= 15 is 0 Å². The number of carbonyl (C=O) groups is 1. The zero-order chi connectivity index (χ0) is 12.1. The van der Waals surface area contributed by atoms with E-state index in [9.17, 15) is 4.79 Å². The van der Waals surface area contributed by atoms with Crippen molar-refractivity contribution in [2.24, 2.45) is 5.92 Å². The first-order valence-electron chi connectivity index (χ1n) is 5.47. The summed E-state index contributed by atoms with van der Waals surface area (Å²) in [5.41, 5.74) is 0.723. The number of hydrogen-bond acceptors (Lipinski definition) is 2. The number of halogens is 1. The maximum Gasteiger partial charge on any atom is 0.165 e. The Morgan fingerprint density at radius 3 is 2.75 bits per heavy atom. The van der Waals surface area contributed by atoms with E-state index in [0.717, 1.165) is 22.9 Å². The average Bonchev–Trinajstić information content (AvgIpc) is 2.29. The van der Waals surface area contributed by atoms with Crippen LogP contribution in [0.15, 0.2) is 22.7 Å². The van der Waals surface area contributed by atoms with Crippen molar-refractivity contribution in [3.05, 3.63) is 28.2 Å². The zero-order valence-electron chi connectivity index (χ0n) is 9.92. The van der Waals surface area contributed by atoms with Crippen LogP contribution in [0, 0.1) is 5.92 Å². The van der Waals surface area contributed by atoms with Gasteiger partial charge in [-0.25, -0.2) is 0 Å². The molecule has 2 nitrogen and oxygen atoms in total. The van der Waals surface area contributed by atoms with Crippen LogP contribution in [-0.2, 0) is 0 Å². The minimum atomic E-state index is 0.0795. The highest BCUT2D eigenvalue weighted by atomic mass is 79.9. The lowest BCUT2D eigenvalue weighted by molar-refractivity contribution is 0.0923. The number of ketones is 1. The van der Waals surface area contributed by atoms with E-state index in [4.69, 9.17) is 4.74 Å². The number of carbonyl (C=O) groups excluding carboxylic acids is 1. The molecule has 0 aromatic heterocycles. The van der Waals surface area contributed by atoms with Gasteiger partial charge >= 0.3 is 0 Å². The van der Waals surface area contributed by atoms with Gasteiger partial charge in [0.1, 0.15) is 5.75 Å². The normalized spacial score (nSPS) is 12.2. The quantitative estimate of drug-likeness (QED) is 0.762. The van der Waals surface area contributed by atoms with Gasteiger partial charge in [0.05, 0.1) is 11.6 Å². The monoisotopic (exact) mass is 284 g/mol. The van der Waals surface area contributed by atoms with Crippen molar-refractivity contribution in [3.63, 3.8) is 0 Å². The second-order valence-corrected chi connectivity index (χ2v) is 4.76.